The SMILES string of the molecule is CCCC1CCCN(C(=O)c2ccc(C)cc2NN)CC1. The number of aryl methyl sites for hydroxylation is 1. The van der Waals surface area contributed by atoms with E-state index in [9.17, 15) is 4.79 Å². The summed E-state index contributed by atoms with van der Waals surface area (Å²) in [5.74, 6) is 6.43. The van der Waals surface area contributed by atoms with Crippen molar-refractivity contribution in [3.63, 3.8) is 0 Å². The van der Waals surface area contributed by atoms with Crippen LogP contribution in [0.5, 0.6) is 0 Å². The van der Waals surface area contributed by atoms with Crippen LogP contribution >= 0.6 is 0 Å². The van der Waals surface area contributed by atoms with Crippen molar-refractivity contribution in [2.45, 2.75) is 46.0 Å². The summed E-state index contributed by atoms with van der Waals surface area (Å²) in [4.78, 5) is 14.7. The molecule has 1 saturated heterocycles. The smallest absolute Gasteiger partial charge is 0.256 e. The zero-order valence-corrected chi connectivity index (χ0v) is 13.2. The summed E-state index contributed by atoms with van der Waals surface area (Å²) in [7, 11) is 0. The molecule has 1 atom stereocenters. The number of hydrazine groups is 1. The molecule has 0 aromatic heterocycles. The van der Waals surface area contributed by atoms with Gasteiger partial charge in [0.15, 0.2) is 0 Å². The van der Waals surface area contributed by atoms with Crippen LogP contribution in [-0.2, 0) is 0 Å². The van der Waals surface area contributed by atoms with E-state index in [1.54, 1.807) is 0 Å². The van der Waals surface area contributed by atoms with E-state index in [1.807, 2.05) is 30.0 Å². The maximum atomic E-state index is 12.7. The van der Waals surface area contributed by atoms with Gasteiger partial charge < -0.3 is 10.3 Å². The summed E-state index contributed by atoms with van der Waals surface area (Å²) in [5.41, 5.74) is 5.14. The Bertz CT molecular complexity index is 487. The van der Waals surface area contributed by atoms with Gasteiger partial charge in [-0.15, -0.1) is 0 Å². The monoisotopic (exact) mass is 289 g/mol. The van der Waals surface area contributed by atoms with Crippen LogP contribution < -0.4 is 11.3 Å². The predicted octanol–water partition coefficient (Wildman–Crippen LogP) is 3.32. The number of carbonyl (C=O) groups is 1. The summed E-state index contributed by atoms with van der Waals surface area (Å²) in [6.07, 6.45) is 5.98. The van der Waals surface area contributed by atoms with E-state index in [1.165, 1.54) is 19.3 Å². The zero-order valence-electron chi connectivity index (χ0n) is 13.2. The molecular formula is C17H27N3O. The number of nitrogens with two attached hydrogens (primary N) is 1. The normalized spacial score (nSPS) is 19.2. The first-order chi connectivity index (χ1) is 10.2. The van der Waals surface area contributed by atoms with Gasteiger partial charge in [-0.05, 0) is 49.8 Å². The number of benzene rings is 1. The fourth-order valence-electron chi connectivity index (χ4n) is 3.20. The molecule has 1 heterocycles. The highest BCUT2D eigenvalue weighted by Gasteiger charge is 2.22. The fourth-order valence-corrected chi connectivity index (χ4v) is 3.20. The highest BCUT2D eigenvalue weighted by molar-refractivity contribution is 5.99. The lowest BCUT2D eigenvalue weighted by atomic mass is 9.96. The third-order valence-corrected chi connectivity index (χ3v) is 4.39. The van der Waals surface area contributed by atoms with Gasteiger partial charge in [-0.2, -0.15) is 0 Å². The Kier molecular flexibility index (Phi) is 5.62. The number of amides is 1. The van der Waals surface area contributed by atoms with Gasteiger partial charge in [-0.1, -0.05) is 25.8 Å². The largest absolute Gasteiger partial charge is 0.339 e. The molecule has 0 radical (unpaired) electrons. The van der Waals surface area contributed by atoms with Crippen molar-refractivity contribution in [1.82, 2.24) is 4.90 Å². The average molecular weight is 289 g/mol. The standard InChI is InChI=1S/C17H27N3O/c1-3-5-14-6-4-10-20(11-9-14)17(21)15-8-7-13(2)12-16(15)19-18/h7-8,12,14,19H,3-6,9-11,18H2,1-2H3. The van der Waals surface area contributed by atoms with Gasteiger partial charge in [0.1, 0.15) is 0 Å². The minimum absolute atomic E-state index is 0.0973. The van der Waals surface area contributed by atoms with Crippen molar-refractivity contribution in [1.29, 1.82) is 0 Å². The second-order valence-corrected chi connectivity index (χ2v) is 6.07. The fraction of sp³-hybridized carbons (Fsp3) is 0.588. The Balaban J connectivity index is 2.09. The Morgan fingerprint density at radius 3 is 2.90 bits per heavy atom. The molecule has 4 heteroatoms. The summed E-state index contributed by atoms with van der Waals surface area (Å²) < 4.78 is 0. The predicted molar refractivity (Wildman–Crippen MR) is 87.1 cm³/mol. The highest BCUT2D eigenvalue weighted by atomic mass is 16.2. The van der Waals surface area contributed by atoms with Crippen molar-refractivity contribution in [3.05, 3.63) is 29.3 Å². The van der Waals surface area contributed by atoms with Crippen LogP contribution in [0.3, 0.4) is 0 Å². The van der Waals surface area contributed by atoms with Gasteiger partial charge in [0.2, 0.25) is 0 Å². The molecule has 0 aliphatic carbocycles. The molecule has 21 heavy (non-hydrogen) atoms. The van der Waals surface area contributed by atoms with Crippen molar-refractivity contribution < 1.29 is 4.79 Å². The minimum Gasteiger partial charge on any atom is -0.339 e. The minimum atomic E-state index is 0.0973. The molecule has 3 N–H and O–H groups in total. The Labute approximate surface area is 127 Å². The van der Waals surface area contributed by atoms with Gasteiger partial charge in [-0.25, -0.2) is 0 Å². The number of likely N-dealkylation sites (tertiary alicyclic amines) is 1. The van der Waals surface area contributed by atoms with Crippen LogP contribution in [0.25, 0.3) is 0 Å². The number of hydrogen-bond donors (Lipinski definition) is 2. The molecule has 2 rings (SSSR count). The van der Waals surface area contributed by atoms with Gasteiger partial charge in [0, 0.05) is 13.1 Å². The van der Waals surface area contributed by atoms with Crippen LogP contribution in [0.15, 0.2) is 18.2 Å². The molecular weight excluding hydrogens is 262 g/mol. The number of anilines is 1. The molecule has 4 nitrogen and oxygen atoms in total. The number of nitrogens with one attached hydrogen (secondary N) is 1. The topological polar surface area (TPSA) is 58.4 Å². The average Bonchev–Trinajstić information content (AvgIpc) is 2.72. The molecule has 1 aliphatic heterocycles. The second kappa shape index (κ2) is 7.46. The lowest BCUT2D eigenvalue weighted by molar-refractivity contribution is 0.0761. The van der Waals surface area contributed by atoms with Crippen molar-refractivity contribution in [2.75, 3.05) is 18.5 Å². The first-order valence-corrected chi connectivity index (χ1v) is 8.02. The molecule has 1 unspecified atom stereocenters. The van der Waals surface area contributed by atoms with Gasteiger partial charge in [0.25, 0.3) is 5.91 Å². The van der Waals surface area contributed by atoms with Crippen molar-refractivity contribution in [3.8, 4) is 0 Å². The molecule has 1 amide bonds. The second-order valence-electron chi connectivity index (χ2n) is 6.07. The van der Waals surface area contributed by atoms with Gasteiger partial charge >= 0.3 is 0 Å². The van der Waals surface area contributed by atoms with E-state index in [2.05, 4.69) is 12.3 Å². The first kappa shape index (κ1) is 15.8. The summed E-state index contributed by atoms with van der Waals surface area (Å²) >= 11 is 0. The summed E-state index contributed by atoms with van der Waals surface area (Å²) in [5, 5.41) is 0. The molecule has 1 aromatic rings. The van der Waals surface area contributed by atoms with E-state index in [0.29, 0.717) is 11.3 Å². The third kappa shape index (κ3) is 3.97. The van der Waals surface area contributed by atoms with Gasteiger partial charge in [-0.3, -0.25) is 10.6 Å². The quantitative estimate of drug-likeness (QED) is 0.660. The van der Waals surface area contributed by atoms with Crippen LogP contribution in [0.4, 0.5) is 5.69 Å². The van der Waals surface area contributed by atoms with Crippen LogP contribution in [0.1, 0.15) is 54.9 Å². The van der Waals surface area contributed by atoms with E-state index in [-0.39, 0.29) is 5.91 Å². The van der Waals surface area contributed by atoms with Crippen LogP contribution in [0.2, 0.25) is 0 Å². The third-order valence-electron chi connectivity index (χ3n) is 4.39. The Morgan fingerprint density at radius 1 is 1.38 bits per heavy atom. The van der Waals surface area contributed by atoms with Crippen molar-refractivity contribution >= 4 is 11.6 Å². The van der Waals surface area contributed by atoms with E-state index in [0.717, 1.165) is 37.4 Å². The molecule has 1 aliphatic rings. The summed E-state index contributed by atoms with van der Waals surface area (Å²) in [6, 6.07) is 5.76. The van der Waals surface area contributed by atoms with E-state index < -0.39 is 0 Å². The molecule has 0 spiro atoms. The lowest BCUT2D eigenvalue weighted by Gasteiger charge is -2.22. The van der Waals surface area contributed by atoms with Crippen LogP contribution in [0, 0.1) is 12.8 Å². The maximum absolute atomic E-state index is 12.7. The van der Waals surface area contributed by atoms with Crippen LogP contribution in [-0.4, -0.2) is 23.9 Å². The highest BCUT2D eigenvalue weighted by Crippen LogP contribution is 2.24. The number of hydrogen-bond acceptors (Lipinski definition) is 3. The Morgan fingerprint density at radius 2 is 2.19 bits per heavy atom. The molecule has 1 aromatic carbocycles. The van der Waals surface area contributed by atoms with Gasteiger partial charge in [0.05, 0.1) is 11.3 Å². The number of nitrogens with zero attached hydrogens (tertiary/aromatic N) is 1. The molecule has 1 fully saturated rings. The number of rotatable bonds is 4. The number of nitrogen functional groups attached to an aromatic ring is 1. The molecule has 116 valence electrons. The van der Waals surface area contributed by atoms with E-state index >= 15 is 0 Å². The number of carbonyl (C=O) groups excluding carboxylic acids is 1. The molecule has 0 bridgehead atoms. The Hall–Kier alpha value is -1.55. The van der Waals surface area contributed by atoms with Crippen molar-refractivity contribution in [2.24, 2.45) is 11.8 Å². The lowest BCUT2D eigenvalue weighted by Crippen LogP contribution is -2.32. The first-order valence-electron chi connectivity index (χ1n) is 8.02. The summed E-state index contributed by atoms with van der Waals surface area (Å²) in [6.45, 7) is 5.95. The zero-order chi connectivity index (χ0) is 15.2. The maximum Gasteiger partial charge on any atom is 0.256 e. The molecule has 0 saturated carbocycles. The van der Waals surface area contributed by atoms with E-state index in [4.69, 9.17) is 5.84 Å².